The lowest BCUT2D eigenvalue weighted by Gasteiger charge is -2.35. The van der Waals surface area contributed by atoms with Gasteiger partial charge >= 0.3 is 0 Å². The van der Waals surface area contributed by atoms with Crippen LogP contribution in [0.15, 0.2) is 23.2 Å². The van der Waals surface area contributed by atoms with Crippen molar-refractivity contribution in [2.45, 2.75) is 57.3 Å². The number of aryl methyl sites for hydroxylation is 2. The Balaban J connectivity index is 1.64. The summed E-state index contributed by atoms with van der Waals surface area (Å²) in [5.41, 5.74) is 5.05. The van der Waals surface area contributed by atoms with Crippen molar-refractivity contribution in [2.24, 2.45) is 0 Å². The van der Waals surface area contributed by atoms with Crippen LogP contribution >= 0.6 is 11.8 Å². The fourth-order valence-corrected chi connectivity index (χ4v) is 5.75. The number of ether oxygens (including phenoxy) is 2. The van der Waals surface area contributed by atoms with E-state index in [1.54, 1.807) is 18.9 Å². The normalized spacial score (nSPS) is 18.2. The Morgan fingerprint density at radius 2 is 2.03 bits per heavy atom. The van der Waals surface area contributed by atoms with Crippen LogP contribution in [0.5, 0.6) is 5.75 Å². The molecular formula is C27H36N4O2S. The van der Waals surface area contributed by atoms with E-state index in [-0.39, 0.29) is 5.60 Å². The molecule has 2 aliphatic heterocycles. The van der Waals surface area contributed by atoms with Gasteiger partial charge in [0.1, 0.15) is 22.7 Å². The molecule has 1 aromatic heterocycles. The van der Waals surface area contributed by atoms with Crippen LogP contribution < -0.4 is 9.64 Å². The van der Waals surface area contributed by atoms with Crippen molar-refractivity contribution in [3.63, 3.8) is 0 Å². The van der Waals surface area contributed by atoms with Crippen LogP contribution in [-0.2, 0) is 24.2 Å². The van der Waals surface area contributed by atoms with Gasteiger partial charge in [0.25, 0.3) is 0 Å². The van der Waals surface area contributed by atoms with Crippen LogP contribution in [0.2, 0.25) is 0 Å². The Morgan fingerprint density at radius 1 is 1.21 bits per heavy atom. The molecule has 0 aliphatic carbocycles. The number of fused-ring (bicyclic) bond motifs is 1. The van der Waals surface area contributed by atoms with E-state index in [2.05, 4.69) is 61.9 Å². The summed E-state index contributed by atoms with van der Waals surface area (Å²) < 4.78 is 11.7. The van der Waals surface area contributed by atoms with Gasteiger partial charge in [-0.2, -0.15) is 5.26 Å². The first-order valence-electron chi connectivity index (χ1n) is 12.1. The monoisotopic (exact) mass is 480 g/mol. The Bertz CT molecular complexity index is 1080. The second-order valence-electron chi connectivity index (χ2n) is 9.96. The predicted octanol–water partition coefficient (Wildman–Crippen LogP) is 4.60. The van der Waals surface area contributed by atoms with Gasteiger partial charge in [0.15, 0.2) is 0 Å². The maximum absolute atomic E-state index is 10.2. The molecule has 4 rings (SSSR count). The SMILES string of the molecule is COc1cc(CCSc2nc(N3CCCN(C)CC3)c3c(c2C#N)CC(C)(C)OC3)ccc1C. The average Bonchev–Trinajstić information content (AvgIpc) is 3.03. The van der Waals surface area contributed by atoms with Crippen molar-refractivity contribution in [2.75, 3.05) is 51.0 Å². The average molecular weight is 481 g/mol. The summed E-state index contributed by atoms with van der Waals surface area (Å²) in [6, 6.07) is 8.87. The van der Waals surface area contributed by atoms with Gasteiger partial charge in [0.2, 0.25) is 0 Å². The topological polar surface area (TPSA) is 61.6 Å². The van der Waals surface area contributed by atoms with Gasteiger partial charge < -0.3 is 19.3 Å². The van der Waals surface area contributed by atoms with E-state index < -0.39 is 0 Å². The number of methoxy groups -OCH3 is 1. The number of nitrogens with zero attached hydrogens (tertiary/aromatic N) is 4. The van der Waals surface area contributed by atoms with E-state index in [9.17, 15) is 5.26 Å². The maximum Gasteiger partial charge on any atom is 0.135 e. The molecule has 2 aromatic rings. The lowest BCUT2D eigenvalue weighted by Crippen LogP contribution is -2.36. The van der Waals surface area contributed by atoms with Crippen LogP contribution in [0.3, 0.4) is 0 Å². The minimum Gasteiger partial charge on any atom is -0.496 e. The summed E-state index contributed by atoms with van der Waals surface area (Å²) in [7, 11) is 3.89. The molecule has 7 heteroatoms. The number of nitriles is 1. The molecule has 2 aliphatic rings. The predicted molar refractivity (Wildman–Crippen MR) is 138 cm³/mol. The van der Waals surface area contributed by atoms with Crippen molar-refractivity contribution >= 4 is 17.6 Å². The van der Waals surface area contributed by atoms with Crippen LogP contribution in [0.25, 0.3) is 0 Å². The van der Waals surface area contributed by atoms with Gasteiger partial charge in [-0.1, -0.05) is 12.1 Å². The van der Waals surface area contributed by atoms with Gasteiger partial charge in [-0.3, -0.25) is 0 Å². The van der Waals surface area contributed by atoms with Crippen LogP contribution in [0.1, 0.15) is 48.1 Å². The van der Waals surface area contributed by atoms with Crippen molar-refractivity contribution in [1.29, 1.82) is 5.26 Å². The summed E-state index contributed by atoms with van der Waals surface area (Å²) >= 11 is 1.69. The number of rotatable bonds is 6. The summed E-state index contributed by atoms with van der Waals surface area (Å²) in [6.45, 7) is 10.8. The molecule has 182 valence electrons. The van der Waals surface area contributed by atoms with Gasteiger partial charge in [0, 0.05) is 37.4 Å². The van der Waals surface area contributed by atoms with E-state index >= 15 is 0 Å². The zero-order valence-corrected chi connectivity index (χ0v) is 21.9. The molecule has 6 nitrogen and oxygen atoms in total. The van der Waals surface area contributed by atoms with E-state index in [4.69, 9.17) is 14.5 Å². The third-order valence-electron chi connectivity index (χ3n) is 6.80. The number of aromatic nitrogens is 1. The van der Waals surface area contributed by atoms with Gasteiger partial charge in [-0.15, -0.1) is 11.8 Å². The molecule has 34 heavy (non-hydrogen) atoms. The number of hydrogen-bond acceptors (Lipinski definition) is 7. The number of pyridine rings is 1. The lowest BCUT2D eigenvalue weighted by molar-refractivity contribution is -0.0402. The standard InChI is InChI=1S/C27H36N4O2S/c1-19-7-8-20(15-24(19)32-5)9-14-34-26-22(17-28)21-16-27(2,3)33-18-23(21)25(29-26)31-11-6-10-30(4)12-13-31/h7-8,15H,6,9-14,16,18H2,1-5H3. The Kier molecular flexibility index (Phi) is 7.71. The van der Waals surface area contributed by atoms with E-state index in [1.165, 1.54) is 5.56 Å². The number of likely N-dealkylation sites (N-methyl/N-ethyl adjacent to an activating group) is 1. The first-order valence-corrected chi connectivity index (χ1v) is 13.1. The molecule has 0 bridgehead atoms. The molecule has 0 N–H and O–H groups in total. The van der Waals surface area contributed by atoms with E-state index in [1.807, 2.05) is 0 Å². The van der Waals surface area contributed by atoms with Crippen LogP contribution in [0.4, 0.5) is 5.82 Å². The van der Waals surface area contributed by atoms with Gasteiger partial charge in [-0.25, -0.2) is 4.98 Å². The second kappa shape index (κ2) is 10.6. The lowest BCUT2D eigenvalue weighted by atomic mass is 9.89. The molecule has 1 aromatic carbocycles. The molecule has 0 spiro atoms. The zero-order chi connectivity index (χ0) is 24.3. The van der Waals surface area contributed by atoms with E-state index in [0.29, 0.717) is 6.61 Å². The highest BCUT2D eigenvalue weighted by Gasteiger charge is 2.33. The van der Waals surface area contributed by atoms with Gasteiger partial charge in [-0.05, 0) is 70.0 Å². The third kappa shape index (κ3) is 5.51. The molecule has 3 heterocycles. The largest absolute Gasteiger partial charge is 0.496 e. The smallest absolute Gasteiger partial charge is 0.135 e. The molecule has 0 atom stereocenters. The summed E-state index contributed by atoms with van der Waals surface area (Å²) in [4.78, 5) is 9.90. The molecule has 0 unspecified atom stereocenters. The van der Waals surface area contributed by atoms with Crippen LogP contribution in [0, 0.1) is 18.3 Å². The number of anilines is 1. The van der Waals surface area contributed by atoms with Crippen molar-refractivity contribution in [3.8, 4) is 11.8 Å². The molecule has 0 radical (unpaired) electrons. The summed E-state index contributed by atoms with van der Waals surface area (Å²) in [5.74, 6) is 2.79. The molecular weight excluding hydrogens is 444 g/mol. The Labute approximate surface area is 208 Å². The molecule has 1 saturated heterocycles. The fourth-order valence-electron chi connectivity index (χ4n) is 4.75. The first kappa shape index (κ1) is 24.8. The molecule has 0 amide bonds. The Morgan fingerprint density at radius 3 is 2.79 bits per heavy atom. The third-order valence-corrected chi connectivity index (χ3v) is 7.78. The van der Waals surface area contributed by atoms with Crippen LogP contribution in [-0.4, -0.2) is 61.6 Å². The zero-order valence-electron chi connectivity index (χ0n) is 21.1. The highest BCUT2D eigenvalue weighted by Crippen LogP contribution is 2.39. The first-order chi connectivity index (χ1) is 16.3. The highest BCUT2D eigenvalue weighted by molar-refractivity contribution is 7.99. The van der Waals surface area contributed by atoms with Crippen molar-refractivity contribution in [3.05, 3.63) is 46.0 Å². The van der Waals surface area contributed by atoms with Crippen molar-refractivity contribution in [1.82, 2.24) is 9.88 Å². The number of hydrogen-bond donors (Lipinski definition) is 0. The minimum absolute atomic E-state index is 0.281. The molecule has 1 fully saturated rings. The number of benzene rings is 1. The van der Waals surface area contributed by atoms with Gasteiger partial charge in [0.05, 0.1) is 24.9 Å². The second-order valence-corrected chi connectivity index (χ2v) is 11.0. The summed E-state index contributed by atoms with van der Waals surface area (Å²) in [5, 5.41) is 11.0. The minimum atomic E-state index is -0.281. The summed E-state index contributed by atoms with van der Waals surface area (Å²) in [6.07, 6.45) is 2.73. The quantitative estimate of drug-likeness (QED) is 0.560. The highest BCUT2D eigenvalue weighted by atomic mass is 32.2. The molecule has 0 saturated carbocycles. The Hall–Kier alpha value is -2.27. The fraction of sp³-hybridized carbons (Fsp3) is 0.556. The maximum atomic E-state index is 10.2. The van der Waals surface area contributed by atoms with Crippen molar-refractivity contribution < 1.29 is 9.47 Å². The van der Waals surface area contributed by atoms with E-state index in [0.717, 1.165) is 90.0 Å². The number of thioether (sulfide) groups is 1.